The van der Waals surface area contributed by atoms with E-state index in [1.165, 1.54) is 25.1 Å². The highest BCUT2D eigenvalue weighted by atomic mass is 35.5. The summed E-state index contributed by atoms with van der Waals surface area (Å²) < 4.78 is 0. The van der Waals surface area contributed by atoms with Crippen molar-refractivity contribution in [2.45, 2.75) is 45.1 Å². The molecule has 3 nitrogen and oxygen atoms in total. The van der Waals surface area contributed by atoms with Gasteiger partial charge in [-0.3, -0.25) is 9.69 Å². The molecular formula is C21H29ClN2O. The Morgan fingerprint density at radius 3 is 2.68 bits per heavy atom. The molecule has 2 heterocycles. The topological polar surface area (TPSA) is 23.6 Å². The Morgan fingerprint density at radius 2 is 2.00 bits per heavy atom. The lowest BCUT2D eigenvalue weighted by atomic mass is 9.82. The van der Waals surface area contributed by atoms with Gasteiger partial charge in [0.25, 0.3) is 0 Å². The summed E-state index contributed by atoms with van der Waals surface area (Å²) in [4.78, 5) is 17.7. The van der Waals surface area contributed by atoms with Gasteiger partial charge in [0.1, 0.15) is 0 Å². The molecule has 3 aliphatic rings. The average Bonchev–Trinajstić information content (AvgIpc) is 3.36. The number of rotatable bonds is 5. The zero-order valence-corrected chi connectivity index (χ0v) is 16.1. The fourth-order valence-electron chi connectivity index (χ4n) is 4.64. The molecule has 3 fully saturated rings. The summed E-state index contributed by atoms with van der Waals surface area (Å²) >= 11 is 5.97. The van der Waals surface area contributed by atoms with Crippen LogP contribution in [0.3, 0.4) is 0 Å². The van der Waals surface area contributed by atoms with E-state index in [9.17, 15) is 4.79 Å². The maximum Gasteiger partial charge on any atom is 0.226 e. The SMILES string of the molecule is CC(C)CCN1C[C@@H]2CN(C(=O)[C@@H]3C[C@@H]3c3ccc(Cl)cc3)CC[C@H]21. The van der Waals surface area contributed by atoms with Crippen molar-refractivity contribution >= 4 is 17.5 Å². The first-order valence-electron chi connectivity index (χ1n) is 9.81. The van der Waals surface area contributed by atoms with Gasteiger partial charge in [-0.15, -0.1) is 0 Å². The van der Waals surface area contributed by atoms with Crippen molar-refractivity contribution in [2.75, 3.05) is 26.2 Å². The normalized spacial score (nSPS) is 31.6. The number of piperidine rings is 1. The van der Waals surface area contributed by atoms with Crippen LogP contribution in [-0.4, -0.2) is 47.9 Å². The van der Waals surface area contributed by atoms with Gasteiger partial charge in [-0.2, -0.15) is 0 Å². The molecule has 1 aliphatic carbocycles. The number of hydrogen-bond donors (Lipinski definition) is 0. The molecule has 0 radical (unpaired) electrons. The molecule has 1 saturated carbocycles. The predicted octanol–water partition coefficient (Wildman–Crippen LogP) is 4.02. The fraction of sp³-hybridized carbons (Fsp3) is 0.667. The fourth-order valence-corrected chi connectivity index (χ4v) is 4.77. The molecule has 2 saturated heterocycles. The summed E-state index contributed by atoms with van der Waals surface area (Å²) in [5.41, 5.74) is 1.26. The lowest BCUT2D eigenvalue weighted by Gasteiger charge is -2.53. The second kappa shape index (κ2) is 6.92. The molecule has 0 aromatic heterocycles. The molecule has 0 unspecified atom stereocenters. The van der Waals surface area contributed by atoms with Crippen molar-refractivity contribution in [3.05, 3.63) is 34.9 Å². The van der Waals surface area contributed by atoms with E-state index in [-0.39, 0.29) is 5.92 Å². The van der Waals surface area contributed by atoms with Gasteiger partial charge in [-0.1, -0.05) is 37.6 Å². The van der Waals surface area contributed by atoms with Crippen LogP contribution in [-0.2, 0) is 4.79 Å². The zero-order valence-electron chi connectivity index (χ0n) is 15.3. The molecule has 4 atom stereocenters. The Kier molecular flexibility index (Phi) is 4.81. The summed E-state index contributed by atoms with van der Waals surface area (Å²) in [6.07, 6.45) is 3.45. The summed E-state index contributed by atoms with van der Waals surface area (Å²) in [7, 11) is 0. The van der Waals surface area contributed by atoms with Crippen molar-refractivity contribution in [1.82, 2.24) is 9.80 Å². The first-order chi connectivity index (χ1) is 12.0. The van der Waals surface area contributed by atoms with Gasteiger partial charge in [0.2, 0.25) is 5.91 Å². The Morgan fingerprint density at radius 1 is 1.24 bits per heavy atom. The van der Waals surface area contributed by atoms with E-state index in [4.69, 9.17) is 11.6 Å². The molecule has 2 aliphatic heterocycles. The van der Waals surface area contributed by atoms with Crippen LogP contribution in [0.4, 0.5) is 0 Å². The molecule has 1 aromatic carbocycles. The minimum atomic E-state index is 0.204. The van der Waals surface area contributed by atoms with Crippen LogP contribution in [0.15, 0.2) is 24.3 Å². The summed E-state index contributed by atoms with van der Waals surface area (Å²) in [6, 6.07) is 8.75. The number of fused-ring (bicyclic) bond motifs is 1. The van der Waals surface area contributed by atoms with Gasteiger partial charge >= 0.3 is 0 Å². The van der Waals surface area contributed by atoms with Gasteiger partial charge < -0.3 is 4.90 Å². The van der Waals surface area contributed by atoms with Crippen LogP contribution >= 0.6 is 11.6 Å². The highest BCUT2D eigenvalue weighted by Crippen LogP contribution is 2.49. The van der Waals surface area contributed by atoms with Gasteiger partial charge in [-0.25, -0.2) is 0 Å². The van der Waals surface area contributed by atoms with Crippen molar-refractivity contribution in [2.24, 2.45) is 17.8 Å². The van der Waals surface area contributed by atoms with Crippen LogP contribution in [0.2, 0.25) is 5.02 Å². The Labute approximate surface area is 156 Å². The Bertz CT molecular complexity index is 629. The monoisotopic (exact) mass is 360 g/mol. The number of benzene rings is 1. The van der Waals surface area contributed by atoms with E-state index in [2.05, 4.69) is 35.8 Å². The summed E-state index contributed by atoms with van der Waals surface area (Å²) in [6.45, 7) is 8.94. The quantitative estimate of drug-likeness (QED) is 0.791. The number of halogens is 1. The molecule has 4 heteroatoms. The van der Waals surface area contributed by atoms with Gasteiger partial charge in [0.15, 0.2) is 0 Å². The van der Waals surface area contributed by atoms with E-state index >= 15 is 0 Å². The zero-order chi connectivity index (χ0) is 17.6. The van der Waals surface area contributed by atoms with E-state index in [1.807, 2.05) is 12.1 Å². The average molecular weight is 361 g/mol. The third-order valence-corrected chi connectivity index (χ3v) is 6.59. The number of likely N-dealkylation sites (tertiary alicyclic amines) is 2. The van der Waals surface area contributed by atoms with Gasteiger partial charge in [-0.05, 0) is 55.3 Å². The van der Waals surface area contributed by atoms with Gasteiger partial charge in [0, 0.05) is 42.5 Å². The Balaban J connectivity index is 1.27. The van der Waals surface area contributed by atoms with Crippen molar-refractivity contribution in [3.63, 3.8) is 0 Å². The van der Waals surface area contributed by atoms with Crippen LogP contribution in [0.1, 0.15) is 44.6 Å². The van der Waals surface area contributed by atoms with Crippen molar-refractivity contribution in [1.29, 1.82) is 0 Å². The lowest BCUT2D eigenvalue weighted by Crippen LogP contribution is -2.64. The third-order valence-electron chi connectivity index (χ3n) is 6.34. The molecule has 1 amide bonds. The Hall–Kier alpha value is -1.06. The largest absolute Gasteiger partial charge is 0.342 e. The van der Waals surface area contributed by atoms with Crippen LogP contribution < -0.4 is 0 Å². The van der Waals surface area contributed by atoms with Crippen molar-refractivity contribution < 1.29 is 4.79 Å². The van der Waals surface area contributed by atoms with Crippen molar-refractivity contribution in [3.8, 4) is 0 Å². The van der Waals surface area contributed by atoms with E-state index < -0.39 is 0 Å². The highest BCUT2D eigenvalue weighted by Gasteiger charge is 2.49. The second-order valence-corrected chi connectivity index (χ2v) is 9.01. The highest BCUT2D eigenvalue weighted by molar-refractivity contribution is 6.30. The van der Waals surface area contributed by atoms with E-state index in [0.717, 1.165) is 42.9 Å². The number of hydrogen-bond acceptors (Lipinski definition) is 2. The minimum Gasteiger partial charge on any atom is -0.342 e. The molecular weight excluding hydrogens is 332 g/mol. The second-order valence-electron chi connectivity index (χ2n) is 8.58. The van der Waals surface area contributed by atoms with E-state index in [1.54, 1.807) is 0 Å². The maximum atomic E-state index is 12.9. The molecule has 0 bridgehead atoms. The molecule has 0 spiro atoms. The molecule has 136 valence electrons. The number of nitrogens with zero attached hydrogens (tertiary/aromatic N) is 2. The summed E-state index contributed by atoms with van der Waals surface area (Å²) in [5.74, 6) is 2.48. The standard InChI is InChI=1S/C21H29ClN2O/c1-14(2)7-9-23-12-16-13-24(10-8-20(16)23)21(25)19-11-18(19)15-3-5-17(22)6-4-15/h3-6,14,16,18-20H,7-13H2,1-2H3/t16-,18-,19-,20-/m1/s1. The minimum absolute atomic E-state index is 0.204. The van der Waals surface area contributed by atoms with E-state index in [0.29, 0.717) is 17.7 Å². The lowest BCUT2D eigenvalue weighted by molar-refractivity contribution is -0.139. The van der Waals surface area contributed by atoms with Crippen LogP contribution in [0.5, 0.6) is 0 Å². The van der Waals surface area contributed by atoms with Gasteiger partial charge in [0.05, 0.1) is 0 Å². The number of carbonyl (C=O) groups excluding carboxylic acids is 1. The van der Waals surface area contributed by atoms with Crippen LogP contribution in [0.25, 0.3) is 0 Å². The molecule has 0 N–H and O–H groups in total. The number of amides is 1. The maximum absolute atomic E-state index is 12.9. The smallest absolute Gasteiger partial charge is 0.226 e. The molecule has 25 heavy (non-hydrogen) atoms. The third kappa shape index (κ3) is 3.59. The van der Waals surface area contributed by atoms with Crippen LogP contribution in [0, 0.1) is 17.8 Å². The summed E-state index contributed by atoms with van der Waals surface area (Å²) in [5, 5.41) is 0.765. The first-order valence-corrected chi connectivity index (χ1v) is 10.2. The molecule has 4 rings (SSSR count). The number of carbonyl (C=O) groups is 1. The first kappa shape index (κ1) is 17.4. The predicted molar refractivity (Wildman–Crippen MR) is 102 cm³/mol. The molecule has 1 aromatic rings.